The maximum absolute atomic E-state index is 14.8. The second-order valence-corrected chi connectivity index (χ2v) is 18.8. The van der Waals surface area contributed by atoms with Crippen LogP contribution in [0.3, 0.4) is 0 Å². The number of methoxy groups -OCH3 is 2. The van der Waals surface area contributed by atoms with Crippen molar-refractivity contribution in [3.63, 3.8) is 0 Å². The van der Waals surface area contributed by atoms with Gasteiger partial charge >= 0.3 is 18.0 Å². The Morgan fingerprint density at radius 1 is 0.935 bits per heavy atom. The van der Waals surface area contributed by atoms with Crippen molar-refractivity contribution >= 4 is 23.8 Å². The van der Waals surface area contributed by atoms with Gasteiger partial charge in [0.15, 0.2) is 24.3 Å². The number of aliphatic hydroxyl groups is 1. The van der Waals surface area contributed by atoms with Crippen LogP contribution in [0.4, 0.5) is 4.79 Å². The fourth-order valence-electron chi connectivity index (χ4n) is 10.5. The molecule has 0 aromatic rings. The molecule has 4 aliphatic heterocycles. The van der Waals surface area contributed by atoms with Crippen LogP contribution in [0, 0.1) is 29.6 Å². The molecular weight excluding hydrogens is 808 g/mol. The van der Waals surface area contributed by atoms with Crippen LogP contribution >= 0.6 is 0 Å². The summed E-state index contributed by atoms with van der Waals surface area (Å²) < 4.78 is 57.0. The molecule has 1 N–H and O–H groups in total. The van der Waals surface area contributed by atoms with Crippen LogP contribution in [-0.2, 0) is 57.0 Å². The van der Waals surface area contributed by atoms with E-state index in [1.807, 2.05) is 41.5 Å². The zero-order chi connectivity index (χ0) is 46.5. The predicted molar refractivity (Wildman–Crippen MR) is 224 cm³/mol. The lowest BCUT2D eigenvalue weighted by Gasteiger charge is -2.49. The van der Waals surface area contributed by atoms with Gasteiger partial charge in [0.05, 0.1) is 42.0 Å². The van der Waals surface area contributed by atoms with Gasteiger partial charge in [-0.1, -0.05) is 39.7 Å². The highest BCUT2D eigenvalue weighted by molar-refractivity contribution is 5.85. The lowest BCUT2D eigenvalue weighted by Crippen LogP contribution is -2.61. The summed E-state index contributed by atoms with van der Waals surface area (Å²) >= 11 is 0. The third kappa shape index (κ3) is 11.0. The molecule has 4 rings (SSSR count). The number of aliphatic hydroxyl groups excluding tert-OH is 1. The van der Waals surface area contributed by atoms with E-state index in [1.54, 1.807) is 34.6 Å². The molecule has 0 aromatic heterocycles. The minimum absolute atomic E-state index is 0.110. The second-order valence-electron chi connectivity index (χ2n) is 18.8. The molecule has 18 nitrogen and oxygen atoms in total. The van der Waals surface area contributed by atoms with Crippen LogP contribution in [0.5, 0.6) is 0 Å². The minimum atomic E-state index is -1.45. The number of carbonyl (C=O) groups is 4. The monoisotopic (exact) mass is 883 g/mol. The van der Waals surface area contributed by atoms with Gasteiger partial charge in [0.2, 0.25) is 0 Å². The van der Waals surface area contributed by atoms with Gasteiger partial charge in [-0.05, 0) is 85.1 Å². The standard InChI is InChI=1S/C44H74N4O14/c1-15-31-44(12)36(48(41(53)62-44)19-17-16-18-46-47-45)26(5)33(50)24(3)21-42(10,54-13)37(61-40-34(51)23(2)20-25(4)56-40)27(6)35(28(7)39(52)59-31)60-32-22-43(11,55-14)38(29(8)57-32)58-30(9)49/h23-29,31-32,34-38,40,51H,15-22H2,1-14H3/t23?,24-,25?,26+,27+,28-,29?,31-,32?,34?,35+,36-,37-,38?,40?,42+,43?,44-/m1/s1. The highest BCUT2D eigenvalue weighted by Crippen LogP contribution is 2.45. The van der Waals surface area contributed by atoms with Gasteiger partial charge in [-0.15, -0.1) is 0 Å². The fraction of sp³-hybridized carbons (Fsp3) is 0.909. The average Bonchev–Trinajstić information content (AvgIpc) is 3.47. The number of esters is 2. The number of hydrogen-bond acceptors (Lipinski definition) is 15. The second kappa shape index (κ2) is 21.3. The third-order valence-corrected chi connectivity index (χ3v) is 14.0. The van der Waals surface area contributed by atoms with E-state index in [4.69, 9.17) is 48.2 Å². The Labute approximate surface area is 367 Å². The van der Waals surface area contributed by atoms with Gasteiger partial charge in [0.1, 0.15) is 23.6 Å². The van der Waals surface area contributed by atoms with Crippen LogP contribution < -0.4 is 0 Å². The molecule has 4 fully saturated rings. The zero-order valence-corrected chi connectivity index (χ0v) is 39.4. The van der Waals surface area contributed by atoms with Crippen LogP contribution in [0.25, 0.3) is 10.4 Å². The number of azide groups is 1. The summed E-state index contributed by atoms with van der Waals surface area (Å²) in [6.45, 7) is 21.7. The molecule has 0 saturated carbocycles. The average molecular weight is 883 g/mol. The van der Waals surface area contributed by atoms with Gasteiger partial charge < -0.3 is 52.6 Å². The normalized spacial score (nSPS) is 43.4. The number of amides is 1. The Morgan fingerprint density at radius 3 is 2.18 bits per heavy atom. The van der Waals surface area contributed by atoms with Crippen LogP contribution in [0.2, 0.25) is 0 Å². The van der Waals surface area contributed by atoms with Crippen molar-refractivity contribution < 1.29 is 66.9 Å². The van der Waals surface area contributed by atoms with E-state index in [0.717, 1.165) is 0 Å². The molecule has 0 bridgehead atoms. The van der Waals surface area contributed by atoms with E-state index < -0.39 is 114 Å². The van der Waals surface area contributed by atoms with Crippen molar-refractivity contribution in [2.45, 2.75) is 200 Å². The summed E-state index contributed by atoms with van der Waals surface area (Å²) in [7, 11) is 3.04. The summed E-state index contributed by atoms with van der Waals surface area (Å²) in [5.41, 5.74) is 5.03. The molecule has 4 aliphatic rings. The number of fused-ring (bicyclic) bond motifs is 1. The largest absolute Gasteiger partial charge is 0.458 e. The topological polar surface area (TPSA) is 224 Å². The molecule has 0 aliphatic carbocycles. The van der Waals surface area contributed by atoms with Gasteiger partial charge in [0.25, 0.3) is 0 Å². The summed E-state index contributed by atoms with van der Waals surface area (Å²) in [4.78, 5) is 60.0. The molecular formula is C44H74N4O14. The third-order valence-electron chi connectivity index (χ3n) is 14.0. The number of ketones is 1. The van der Waals surface area contributed by atoms with Crippen molar-refractivity contribution in [1.29, 1.82) is 0 Å². The molecule has 0 radical (unpaired) electrons. The number of cyclic esters (lactones) is 1. The van der Waals surface area contributed by atoms with E-state index in [2.05, 4.69) is 10.0 Å². The Morgan fingerprint density at radius 2 is 1.58 bits per heavy atom. The number of Topliss-reactive ketones (excluding diaryl/α,β-unsaturated/α-hetero) is 1. The van der Waals surface area contributed by atoms with Crippen molar-refractivity contribution in [3.8, 4) is 0 Å². The van der Waals surface area contributed by atoms with Gasteiger partial charge in [0, 0.05) is 63.3 Å². The van der Waals surface area contributed by atoms with Gasteiger partial charge in [-0.2, -0.15) is 0 Å². The molecule has 1 amide bonds. The van der Waals surface area contributed by atoms with Crippen molar-refractivity contribution in [2.75, 3.05) is 27.3 Å². The first-order valence-electron chi connectivity index (χ1n) is 22.3. The SMILES string of the molecule is CC[C@H]1OC(=O)[C@H](C)[C@@H](OC2CC(C)(OC)C(OC(C)=O)C(C)O2)[C@H](C)[C@@H](OC2OC(C)CC(C)C2O)[C@@](C)(OC)C[C@@H](C)C(=O)[C@H](C)[C@H]2N(CCCCN=[N+]=[N-])C(=O)O[C@]12C. The Balaban J connectivity index is 1.87. The lowest BCUT2D eigenvalue weighted by atomic mass is 9.73. The molecule has 8 unspecified atom stereocenters. The molecule has 354 valence electrons. The quantitative estimate of drug-likeness (QED) is 0.0538. The van der Waals surface area contributed by atoms with Crippen LogP contribution in [-0.4, -0.2) is 139 Å². The molecule has 0 spiro atoms. The smallest absolute Gasteiger partial charge is 0.410 e. The predicted octanol–water partition coefficient (Wildman–Crippen LogP) is 6.27. The van der Waals surface area contributed by atoms with Crippen LogP contribution in [0.1, 0.15) is 122 Å². The minimum Gasteiger partial charge on any atom is -0.458 e. The number of unbranched alkanes of at least 4 members (excludes halogenated alkanes) is 1. The Kier molecular flexibility index (Phi) is 17.7. The molecule has 18 heteroatoms. The van der Waals surface area contributed by atoms with Crippen molar-refractivity contribution in [2.24, 2.45) is 34.7 Å². The van der Waals surface area contributed by atoms with E-state index >= 15 is 0 Å². The highest BCUT2D eigenvalue weighted by atomic mass is 16.7. The maximum Gasteiger partial charge on any atom is 0.410 e. The first-order valence-corrected chi connectivity index (χ1v) is 22.3. The van der Waals surface area contributed by atoms with E-state index in [-0.39, 0.29) is 50.2 Å². The first-order chi connectivity index (χ1) is 29.0. The van der Waals surface area contributed by atoms with E-state index in [9.17, 15) is 24.3 Å². The number of nitrogens with zero attached hydrogens (tertiary/aromatic N) is 4. The highest BCUT2D eigenvalue weighted by Gasteiger charge is 2.61. The maximum atomic E-state index is 14.8. The summed E-state index contributed by atoms with van der Waals surface area (Å²) in [6, 6.07) is -0.838. The van der Waals surface area contributed by atoms with Gasteiger partial charge in [-0.3, -0.25) is 14.4 Å². The van der Waals surface area contributed by atoms with Gasteiger partial charge in [-0.25, -0.2) is 4.79 Å². The molecule has 18 atom stereocenters. The number of rotatable bonds is 13. The van der Waals surface area contributed by atoms with Crippen molar-refractivity contribution in [1.82, 2.24) is 4.90 Å². The first kappa shape index (κ1) is 51.5. The van der Waals surface area contributed by atoms with Crippen LogP contribution in [0.15, 0.2) is 5.11 Å². The summed E-state index contributed by atoms with van der Waals surface area (Å²) in [5.74, 6) is -4.70. The van der Waals surface area contributed by atoms with E-state index in [0.29, 0.717) is 19.3 Å². The van der Waals surface area contributed by atoms with E-state index in [1.165, 1.54) is 26.0 Å². The molecule has 62 heavy (non-hydrogen) atoms. The lowest BCUT2D eigenvalue weighted by molar-refractivity contribution is -0.319. The summed E-state index contributed by atoms with van der Waals surface area (Å²) in [6.07, 6.45) is -6.33. The fourth-order valence-corrected chi connectivity index (χ4v) is 10.5. The Bertz CT molecular complexity index is 1620. The number of ether oxygens (including phenoxy) is 9. The molecule has 4 heterocycles. The molecule has 0 aromatic carbocycles. The zero-order valence-electron chi connectivity index (χ0n) is 39.4. The number of hydrogen-bond donors (Lipinski definition) is 1. The number of carbonyl (C=O) groups excluding carboxylic acids is 4. The Hall–Kier alpha value is -3.09. The van der Waals surface area contributed by atoms with Crippen molar-refractivity contribution in [3.05, 3.63) is 10.4 Å². The molecule has 4 saturated heterocycles. The summed E-state index contributed by atoms with van der Waals surface area (Å²) in [5, 5.41) is 15.1.